The molecule has 90 valence electrons. The molecule has 4 nitrogen and oxygen atoms in total. The molecule has 0 aliphatic heterocycles. The molecule has 0 saturated carbocycles. The van der Waals surface area contributed by atoms with Crippen LogP contribution in [-0.2, 0) is 14.3 Å². The van der Waals surface area contributed by atoms with Gasteiger partial charge < -0.3 is 14.6 Å². The highest BCUT2D eigenvalue weighted by Crippen LogP contribution is 2.07. The molecule has 5 heteroatoms. The number of rotatable bonds is 9. The monoisotopic (exact) mass is 236 g/mol. The summed E-state index contributed by atoms with van der Waals surface area (Å²) in [7, 11) is 1.67. The van der Waals surface area contributed by atoms with Crippen molar-refractivity contribution in [2.75, 3.05) is 31.8 Å². The molecule has 1 N–H and O–H groups in total. The van der Waals surface area contributed by atoms with Gasteiger partial charge in [0.1, 0.15) is 0 Å². The number of thioether (sulfide) groups is 1. The predicted octanol–water partition coefficient (Wildman–Crippen LogP) is 1.07. The van der Waals surface area contributed by atoms with Crippen molar-refractivity contribution in [2.24, 2.45) is 0 Å². The van der Waals surface area contributed by atoms with E-state index in [1.807, 2.05) is 0 Å². The third kappa shape index (κ3) is 10.0. The van der Waals surface area contributed by atoms with Gasteiger partial charge in [-0.05, 0) is 19.1 Å². The zero-order chi connectivity index (χ0) is 11.5. The number of ether oxygens (including phenoxy) is 2. The fourth-order valence-electron chi connectivity index (χ4n) is 0.996. The minimum atomic E-state index is -0.600. The number of hydrogen-bond donors (Lipinski definition) is 1. The SMILES string of the molecule is CCOC(=O)CC(O)CSCCCOC. The molecule has 0 aromatic carbocycles. The van der Waals surface area contributed by atoms with Gasteiger partial charge in [-0.3, -0.25) is 4.79 Å². The average molecular weight is 236 g/mol. The summed E-state index contributed by atoms with van der Waals surface area (Å²) in [5.41, 5.74) is 0. The number of methoxy groups -OCH3 is 1. The van der Waals surface area contributed by atoms with Gasteiger partial charge in [-0.15, -0.1) is 0 Å². The van der Waals surface area contributed by atoms with Crippen molar-refractivity contribution < 1.29 is 19.4 Å². The number of carbonyl (C=O) groups is 1. The van der Waals surface area contributed by atoms with E-state index in [0.29, 0.717) is 12.4 Å². The summed E-state index contributed by atoms with van der Waals surface area (Å²) in [6.45, 7) is 2.86. The maximum atomic E-state index is 11.0. The third-order valence-corrected chi connectivity index (χ3v) is 2.85. The van der Waals surface area contributed by atoms with E-state index in [4.69, 9.17) is 9.47 Å². The van der Waals surface area contributed by atoms with E-state index < -0.39 is 6.10 Å². The van der Waals surface area contributed by atoms with Gasteiger partial charge >= 0.3 is 5.97 Å². The zero-order valence-corrected chi connectivity index (χ0v) is 10.2. The Labute approximate surface area is 95.3 Å². The van der Waals surface area contributed by atoms with Gasteiger partial charge in [0, 0.05) is 19.5 Å². The average Bonchev–Trinajstić information content (AvgIpc) is 2.17. The Morgan fingerprint density at radius 1 is 1.53 bits per heavy atom. The van der Waals surface area contributed by atoms with Gasteiger partial charge in [0.25, 0.3) is 0 Å². The molecule has 15 heavy (non-hydrogen) atoms. The van der Waals surface area contributed by atoms with Crippen LogP contribution in [0.15, 0.2) is 0 Å². The maximum Gasteiger partial charge on any atom is 0.308 e. The summed E-state index contributed by atoms with van der Waals surface area (Å²) in [5.74, 6) is 1.18. The van der Waals surface area contributed by atoms with Crippen LogP contribution in [0.1, 0.15) is 19.8 Å². The predicted molar refractivity (Wildman–Crippen MR) is 61.1 cm³/mol. The number of carbonyl (C=O) groups excluding carboxylic acids is 1. The highest BCUT2D eigenvalue weighted by atomic mass is 32.2. The highest BCUT2D eigenvalue weighted by molar-refractivity contribution is 7.99. The summed E-state index contributed by atoms with van der Waals surface area (Å²) >= 11 is 1.62. The lowest BCUT2D eigenvalue weighted by Crippen LogP contribution is -2.18. The standard InChI is InChI=1S/C10H20O4S/c1-3-14-10(12)7-9(11)8-15-6-4-5-13-2/h9,11H,3-8H2,1-2H3. The fraction of sp³-hybridized carbons (Fsp3) is 0.900. The van der Waals surface area contributed by atoms with E-state index in [1.54, 1.807) is 25.8 Å². The van der Waals surface area contributed by atoms with E-state index >= 15 is 0 Å². The lowest BCUT2D eigenvalue weighted by atomic mass is 10.3. The number of aliphatic hydroxyl groups is 1. The van der Waals surface area contributed by atoms with Gasteiger partial charge in [-0.25, -0.2) is 0 Å². The van der Waals surface area contributed by atoms with Gasteiger partial charge in [0.15, 0.2) is 0 Å². The Morgan fingerprint density at radius 2 is 2.27 bits per heavy atom. The molecule has 0 spiro atoms. The van der Waals surface area contributed by atoms with Crippen molar-refractivity contribution in [1.82, 2.24) is 0 Å². The molecule has 0 fully saturated rings. The Balaban J connectivity index is 3.32. The van der Waals surface area contributed by atoms with E-state index in [0.717, 1.165) is 18.8 Å². The second-order valence-electron chi connectivity index (χ2n) is 3.08. The first kappa shape index (κ1) is 14.7. The van der Waals surface area contributed by atoms with Crippen LogP contribution in [-0.4, -0.2) is 49.0 Å². The van der Waals surface area contributed by atoms with Crippen molar-refractivity contribution >= 4 is 17.7 Å². The molecule has 0 amide bonds. The summed E-state index contributed by atoms with van der Waals surface area (Å²) in [5, 5.41) is 9.45. The molecule has 0 aliphatic carbocycles. The normalized spacial score (nSPS) is 12.5. The van der Waals surface area contributed by atoms with Gasteiger partial charge in [-0.2, -0.15) is 11.8 Å². The number of aliphatic hydroxyl groups excluding tert-OH is 1. The second-order valence-corrected chi connectivity index (χ2v) is 4.23. The van der Waals surface area contributed by atoms with E-state index in [-0.39, 0.29) is 12.4 Å². The van der Waals surface area contributed by atoms with Crippen molar-refractivity contribution in [3.8, 4) is 0 Å². The first-order chi connectivity index (χ1) is 7.20. The highest BCUT2D eigenvalue weighted by Gasteiger charge is 2.11. The quantitative estimate of drug-likeness (QED) is 0.479. The van der Waals surface area contributed by atoms with E-state index in [9.17, 15) is 9.90 Å². The molecule has 0 aromatic heterocycles. The number of esters is 1. The third-order valence-electron chi connectivity index (χ3n) is 1.65. The molecule has 1 atom stereocenters. The minimum Gasteiger partial charge on any atom is -0.466 e. The smallest absolute Gasteiger partial charge is 0.308 e. The number of hydrogen-bond acceptors (Lipinski definition) is 5. The van der Waals surface area contributed by atoms with Gasteiger partial charge in [0.2, 0.25) is 0 Å². The summed E-state index contributed by atoms with van der Waals surface area (Å²) in [6, 6.07) is 0. The topological polar surface area (TPSA) is 55.8 Å². The van der Waals surface area contributed by atoms with Crippen molar-refractivity contribution in [2.45, 2.75) is 25.9 Å². The molecule has 0 aromatic rings. The van der Waals surface area contributed by atoms with Crippen LogP contribution >= 0.6 is 11.8 Å². The van der Waals surface area contributed by atoms with Gasteiger partial charge in [-0.1, -0.05) is 0 Å². The maximum absolute atomic E-state index is 11.0. The summed E-state index contributed by atoms with van der Waals surface area (Å²) < 4.78 is 9.62. The van der Waals surface area contributed by atoms with Crippen LogP contribution in [0, 0.1) is 0 Å². The molecular formula is C10H20O4S. The van der Waals surface area contributed by atoms with Crippen LogP contribution in [0.5, 0.6) is 0 Å². The molecule has 0 saturated heterocycles. The molecule has 0 bridgehead atoms. The molecule has 0 heterocycles. The molecule has 0 aliphatic rings. The van der Waals surface area contributed by atoms with E-state index in [1.165, 1.54) is 0 Å². The van der Waals surface area contributed by atoms with Crippen molar-refractivity contribution in [3.63, 3.8) is 0 Å². The Kier molecular flexibility index (Phi) is 10.1. The molecular weight excluding hydrogens is 216 g/mol. The lowest BCUT2D eigenvalue weighted by molar-refractivity contribution is -0.144. The van der Waals surface area contributed by atoms with Crippen LogP contribution in [0.4, 0.5) is 0 Å². The first-order valence-corrected chi connectivity index (χ1v) is 6.26. The second kappa shape index (κ2) is 10.3. The minimum absolute atomic E-state index is 0.0884. The fourth-order valence-corrected chi connectivity index (χ4v) is 1.87. The van der Waals surface area contributed by atoms with Crippen molar-refractivity contribution in [3.05, 3.63) is 0 Å². The molecule has 0 rings (SSSR count). The summed E-state index contributed by atoms with van der Waals surface area (Å²) in [4.78, 5) is 11.0. The van der Waals surface area contributed by atoms with Crippen LogP contribution < -0.4 is 0 Å². The molecule has 0 radical (unpaired) electrons. The first-order valence-electron chi connectivity index (χ1n) is 5.11. The Morgan fingerprint density at radius 3 is 2.87 bits per heavy atom. The lowest BCUT2D eigenvalue weighted by Gasteiger charge is -2.09. The Hall–Kier alpha value is -0.260. The van der Waals surface area contributed by atoms with Crippen LogP contribution in [0.25, 0.3) is 0 Å². The van der Waals surface area contributed by atoms with Crippen LogP contribution in [0.3, 0.4) is 0 Å². The van der Waals surface area contributed by atoms with Crippen molar-refractivity contribution in [1.29, 1.82) is 0 Å². The summed E-state index contributed by atoms with van der Waals surface area (Å²) in [6.07, 6.45) is 0.454. The largest absolute Gasteiger partial charge is 0.466 e. The Bertz CT molecular complexity index is 164. The van der Waals surface area contributed by atoms with E-state index in [2.05, 4.69) is 0 Å². The van der Waals surface area contributed by atoms with Gasteiger partial charge in [0.05, 0.1) is 19.1 Å². The molecule has 1 unspecified atom stereocenters. The zero-order valence-electron chi connectivity index (χ0n) is 9.40. The van der Waals surface area contributed by atoms with Crippen LogP contribution in [0.2, 0.25) is 0 Å².